The van der Waals surface area contributed by atoms with E-state index in [9.17, 15) is 27.7 Å². The van der Waals surface area contributed by atoms with E-state index in [1.54, 1.807) is 6.07 Å². The number of amides is 1. The SMILES string of the molecule is CC(C)S(=O)(=O)c1nsc(NC(=O)C(C#N)=Cc2ccc(OC(=O)c3ccc(F)cc3)cc2)n1. The van der Waals surface area contributed by atoms with Crippen molar-refractivity contribution in [2.45, 2.75) is 24.3 Å². The van der Waals surface area contributed by atoms with E-state index in [1.807, 2.05) is 0 Å². The van der Waals surface area contributed by atoms with E-state index in [0.717, 1.165) is 12.1 Å². The molecule has 0 radical (unpaired) electrons. The first-order valence-corrected chi connectivity index (χ1v) is 12.0. The molecule has 0 bridgehead atoms. The van der Waals surface area contributed by atoms with Gasteiger partial charge in [0.25, 0.3) is 11.1 Å². The molecule has 0 aliphatic heterocycles. The Hall–Kier alpha value is -3.95. The summed E-state index contributed by atoms with van der Waals surface area (Å²) in [6, 6.07) is 12.6. The van der Waals surface area contributed by atoms with E-state index in [1.165, 1.54) is 56.3 Å². The maximum atomic E-state index is 13.0. The standard InChI is InChI=1S/C22H17FN4O5S2/c1-13(2)34(30,31)22-26-21(33-27-22)25-19(28)16(12-24)11-14-3-9-18(10-4-14)32-20(29)15-5-7-17(23)8-6-15/h3-11,13H,1-2H3,(H,25,26,27,28). The van der Waals surface area contributed by atoms with Crippen LogP contribution in [-0.4, -0.2) is 34.9 Å². The fraction of sp³-hybridized carbons (Fsp3) is 0.136. The molecule has 174 valence electrons. The summed E-state index contributed by atoms with van der Waals surface area (Å²) in [6.07, 6.45) is 1.30. The Labute approximate surface area is 198 Å². The second-order valence-electron chi connectivity index (χ2n) is 7.07. The summed E-state index contributed by atoms with van der Waals surface area (Å²) < 4.78 is 46.2. The van der Waals surface area contributed by atoms with Gasteiger partial charge in [-0.3, -0.25) is 10.1 Å². The van der Waals surface area contributed by atoms with Gasteiger partial charge in [0.1, 0.15) is 23.2 Å². The number of carbonyl (C=O) groups is 2. The molecule has 0 unspecified atom stereocenters. The highest BCUT2D eigenvalue weighted by molar-refractivity contribution is 7.91. The molecule has 0 atom stereocenters. The molecule has 0 saturated heterocycles. The van der Waals surface area contributed by atoms with Crippen LogP contribution in [-0.2, 0) is 14.6 Å². The van der Waals surface area contributed by atoms with E-state index in [-0.39, 0.29) is 22.0 Å². The lowest BCUT2D eigenvalue weighted by atomic mass is 10.1. The average molecular weight is 501 g/mol. The molecule has 3 aromatic rings. The average Bonchev–Trinajstić information content (AvgIpc) is 3.28. The number of nitrogens with one attached hydrogen (secondary N) is 1. The molecule has 1 aromatic heterocycles. The number of benzene rings is 2. The first kappa shape index (κ1) is 24.7. The molecule has 34 heavy (non-hydrogen) atoms. The van der Waals surface area contributed by atoms with E-state index < -0.39 is 37.9 Å². The minimum absolute atomic E-state index is 0.0616. The Kier molecular flexibility index (Phi) is 7.50. The summed E-state index contributed by atoms with van der Waals surface area (Å²) in [5.74, 6) is -1.73. The number of rotatable bonds is 7. The van der Waals surface area contributed by atoms with Crippen LogP contribution in [0.25, 0.3) is 6.08 Å². The van der Waals surface area contributed by atoms with Gasteiger partial charge in [0.15, 0.2) is 0 Å². The molecule has 0 fully saturated rings. The lowest BCUT2D eigenvalue weighted by Crippen LogP contribution is -2.16. The van der Waals surface area contributed by atoms with E-state index >= 15 is 0 Å². The fourth-order valence-electron chi connectivity index (χ4n) is 2.45. The molecule has 3 rings (SSSR count). The number of nitrogens with zero attached hydrogens (tertiary/aromatic N) is 3. The van der Waals surface area contributed by atoms with Gasteiger partial charge in [-0.1, -0.05) is 12.1 Å². The van der Waals surface area contributed by atoms with Gasteiger partial charge in [-0.25, -0.2) is 17.6 Å². The third-order valence-electron chi connectivity index (χ3n) is 4.35. The Bertz CT molecular complexity index is 1390. The van der Waals surface area contributed by atoms with Crippen molar-refractivity contribution in [2.75, 3.05) is 5.32 Å². The van der Waals surface area contributed by atoms with Crippen LogP contribution in [0, 0.1) is 17.1 Å². The smallest absolute Gasteiger partial charge is 0.343 e. The third-order valence-corrected chi connectivity index (χ3v) is 7.03. The molecule has 1 heterocycles. The van der Waals surface area contributed by atoms with Crippen molar-refractivity contribution in [3.63, 3.8) is 0 Å². The summed E-state index contributed by atoms with van der Waals surface area (Å²) >= 11 is 0.685. The highest BCUT2D eigenvalue weighted by Crippen LogP contribution is 2.20. The molecular formula is C22H17FN4O5S2. The zero-order valence-electron chi connectivity index (χ0n) is 17.9. The number of ether oxygens (including phenoxy) is 1. The molecule has 1 amide bonds. The first-order valence-electron chi connectivity index (χ1n) is 9.68. The van der Waals surface area contributed by atoms with Crippen LogP contribution in [0.5, 0.6) is 5.75 Å². The normalized spacial score (nSPS) is 11.7. The van der Waals surface area contributed by atoms with E-state index in [2.05, 4.69) is 14.7 Å². The van der Waals surface area contributed by atoms with Crippen molar-refractivity contribution >= 4 is 44.5 Å². The topological polar surface area (TPSA) is 139 Å². The van der Waals surface area contributed by atoms with Crippen molar-refractivity contribution in [3.8, 4) is 11.8 Å². The van der Waals surface area contributed by atoms with Crippen molar-refractivity contribution in [2.24, 2.45) is 0 Å². The van der Waals surface area contributed by atoms with Gasteiger partial charge < -0.3 is 4.74 Å². The minimum atomic E-state index is -3.69. The zero-order valence-corrected chi connectivity index (χ0v) is 19.5. The predicted molar refractivity (Wildman–Crippen MR) is 122 cm³/mol. The molecule has 0 aliphatic rings. The molecule has 2 aromatic carbocycles. The van der Waals surface area contributed by atoms with Gasteiger partial charge in [-0.05, 0) is 61.9 Å². The molecule has 0 aliphatic carbocycles. The molecule has 12 heteroatoms. The number of sulfone groups is 1. The Morgan fingerprint density at radius 1 is 1.15 bits per heavy atom. The van der Waals surface area contributed by atoms with Gasteiger partial charge in [0.05, 0.1) is 10.8 Å². The summed E-state index contributed by atoms with van der Waals surface area (Å²) in [7, 11) is -3.69. The molecule has 1 N–H and O–H groups in total. The number of nitriles is 1. The fourth-order valence-corrected chi connectivity index (χ4v) is 4.15. The third kappa shape index (κ3) is 5.89. The zero-order chi connectivity index (χ0) is 24.9. The summed E-state index contributed by atoms with van der Waals surface area (Å²) in [4.78, 5) is 28.3. The van der Waals surface area contributed by atoms with Crippen LogP contribution < -0.4 is 10.1 Å². The number of hydrogen-bond donors (Lipinski definition) is 1. The first-order chi connectivity index (χ1) is 16.1. The monoisotopic (exact) mass is 500 g/mol. The van der Waals surface area contributed by atoms with Crippen molar-refractivity contribution in [1.29, 1.82) is 5.26 Å². The van der Waals surface area contributed by atoms with Crippen LogP contribution in [0.4, 0.5) is 9.52 Å². The van der Waals surface area contributed by atoms with Crippen LogP contribution in [0.3, 0.4) is 0 Å². The summed E-state index contributed by atoms with van der Waals surface area (Å²) in [5, 5.41) is 10.5. The van der Waals surface area contributed by atoms with Crippen LogP contribution in [0.2, 0.25) is 0 Å². The van der Waals surface area contributed by atoms with Gasteiger partial charge in [0.2, 0.25) is 15.0 Å². The van der Waals surface area contributed by atoms with Gasteiger partial charge >= 0.3 is 5.97 Å². The van der Waals surface area contributed by atoms with Gasteiger partial charge in [-0.2, -0.15) is 14.6 Å². The number of carbonyl (C=O) groups excluding carboxylic acids is 2. The maximum Gasteiger partial charge on any atom is 0.343 e. The lowest BCUT2D eigenvalue weighted by Gasteiger charge is -2.05. The van der Waals surface area contributed by atoms with Crippen LogP contribution >= 0.6 is 11.5 Å². The molecule has 9 nitrogen and oxygen atoms in total. The maximum absolute atomic E-state index is 13.0. The highest BCUT2D eigenvalue weighted by Gasteiger charge is 2.25. The number of anilines is 1. The minimum Gasteiger partial charge on any atom is -0.423 e. The van der Waals surface area contributed by atoms with Crippen molar-refractivity contribution in [1.82, 2.24) is 9.36 Å². The number of aromatic nitrogens is 2. The number of halogens is 1. The number of esters is 1. The molecule has 0 saturated carbocycles. The van der Waals surface area contributed by atoms with Gasteiger partial charge in [0, 0.05) is 11.5 Å². The van der Waals surface area contributed by atoms with E-state index in [4.69, 9.17) is 4.74 Å². The summed E-state index contributed by atoms with van der Waals surface area (Å²) in [6.45, 7) is 2.97. The van der Waals surface area contributed by atoms with Crippen LogP contribution in [0.15, 0.2) is 59.3 Å². The largest absolute Gasteiger partial charge is 0.423 e. The van der Waals surface area contributed by atoms with E-state index in [0.29, 0.717) is 17.1 Å². The second kappa shape index (κ2) is 10.3. The summed E-state index contributed by atoms with van der Waals surface area (Å²) in [5.41, 5.74) is 0.378. The second-order valence-corrected chi connectivity index (χ2v) is 10.2. The van der Waals surface area contributed by atoms with Crippen molar-refractivity contribution < 1.29 is 27.1 Å². The quantitative estimate of drug-likeness (QED) is 0.225. The Morgan fingerprint density at radius 3 is 2.38 bits per heavy atom. The molecule has 0 spiro atoms. The lowest BCUT2D eigenvalue weighted by molar-refractivity contribution is -0.112. The Morgan fingerprint density at radius 2 is 1.79 bits per heavy atom. The van der Waals surface area contributed by atoms with Crippen molar-refractivity contribution in [3.05, 3.63) is 71.0 Å². The van der Waals surface area contributed by atoms with Gasteiger partial charge in [-0.15, -0.1) is 0 Å². The predicted octanol–water partition coefficient (Wildman–Crippen LogP) is 3.62. The molecular weight excluding hydrogens is 483 g/mol. The number of hydrogen-bond acceptors (Lipinski definition) is 9. The van der Waals surface area contributed by atoms with Crippen LogP contribution in [0.1, 0.15) is 29.8 Å². The highest BCUT2D eigenvalue weighted by atomic mass is 32.2. The Balaban J connectivity index is 1.68.